The van der Waals surface area contributed by atoms with Gasteiger partial charge in [0.05, 0.1) is 8.45 Å². The summed E-state index contributed by atoms with van der Waals surface area (Å²) in [4.78, 5) is 23.0. The summed E-state index contributed by atoms with van der Waals surface area (Å²) in [6.45, 7) is 5.34. The summed E-state index contributed by atoms with van der Waals surface area (Å²) < 4.78 is 0.996. The van der Waals surface area contributed by atoms with Gasteiger partial charge in [0.25, 0.3) is 5.91 Å². The lowest BCUT2D eigenvalue weighted by Crippen LogP contribution is -2.49. The van der Waals surface area contributed by atoms with Gasteiger partial charge < -0.3 is 10.4 Å². The Labute approximate surface area is 118 Å². The predicted octanol–water partition coefficient (Wildman–Crippen LogP) is 2.58. The van der Waals surface area contributed by atoms with Crippen molar-refractivity contribution in [3.05, 3.63) is 19.9 Å². The molecule has 0 aliphatic carbocycles. The summed E-state index contributed by atoms with van der Waals surface area (Å²) in [6.07, 6.45) is 0. The molecule has 0 fully saturated rings. The van der Waals surface area contributed by atoms with Crippen molar-refractivity contribution in [1.82, 2.24) is 5.32 Å². The quantitative estimate of drug-likeness (QED) is 0.808. The van der Waals surface area contributed by atoms with E-state index in [4.69, 9.17) is 5.11 Å². The van der Waals surface area contributed by atoms with E-state index in [1.807, 2.05) is 0 Å². The van der Waals surface area contributed by atoms with Crippen LogP contribution in [0.3, 0.4) is 0 Å². The Bertz CT molecular complexity index is 436. The maximum Gasteiger partial charge on any atom is 0.326 e. The molecule has 1 amide bonds. The predicted molar refractivity (Wildman–Crippen MR) is 75.4 cm³/mol. The van der Waals surface area contributed by atoms with Crippen LogP contribution >= 0.6 is 33.9 Å². The van der Waals surface area contributed by atoms with Gasteiger partial charge in [0.2, 0.25) is 0 Å². The number of carbonyl (C=O) groups excluding carboxylic acids is 1. The highest BCUT2D eigenvalue weighted by molar-refractivity contribution is 14.1. The molecule has 2 N–H and O–H groups in total. The van der Waals surface area contributed by atoms with Crippen LogP contribution in [-0.4, -0.2) is 23.0 Å². The fraction of sp³-hybridized carbons (Fsp3) is 0.455. The number of hydrogen-bond acceptors (Lipinski definition) is 3. The zero-order valence-corrected chi connectivity index (χ0v) is 12.8. The SMILES string of the molecule is CC(C)(C)[C@H](NC(=O)c1csc(I)c1)C(=O)O. The van der Waals surface area contributed by atoms with Crippen LogP contribution < -0.4 is 5.32 Å². The number of carboxylic acids is 1. The molecule has 1 aromatic heterocycles. The first-order chi connectivity index (χ1) is 7.71. The van der Waals surface area contributed by atoms with Gasteiger partial charge in [-0.2, -0.15) is 0 Å². The number of aliphatic carboxylic acids is 1. The molecule has 0 radical (unpaired) electrons. The van der Waals surface area contributed by atoms with Crippen molar-refractivity contribution in [1.29, 1.82) is 0 Å². The molecule has 1 aromatic rings. The second-order valence-corrected chi connectivity index (χ2v) is 7.56. The van der Waals surface area contributed by atoms with Crippen LogP contribution in [0, 0.1) is 8.30 Å². The third-order valence-corrected chi connectivity index (χ3v) is 4.01. The van der Waals surface area contributed by atoms with Gasteiger partial charge in [-0.05, 0) is 34.1 Å². The second-order valence-electron chi connectivity index (χ2n) is 4.75. The zero-order chi connectivity index (χ0) is 13.2. The van der Waals surface area contributed by atoms with Crippen molar-refractivity contribution >= 4 is 45.8 Å². The van der Waals surface area contributed by atoms with Crippen LogP contribution in [0.25, 0.3) is 0 Å². The molecule has 94 valence electrons. The van der Waals surface area contributed by atoms with Gasteiger partial charge in [-0.25, -0.2) is 4.79 Å². The van der Waals surface area contributed by atoms with E-state index in [0.29, 0.717) is 5.56 Å². The van der Waals surface area contributed by atoms with Gasteiger partial charge >= 0.3 is 5.97 Å². The Kier molecular flexibility index (Phi) is 4.54. The average molecular weight is 367 g/mol. The molecule has 6 heteroatoms. The van der Waals surface area contributed by atoms with Crippen LogP contribution in [0.1, 0.15) is 31.1 Å². The van der Waals surface area contributed by atoms with Crippen molar-refractivity contribution in [2.24, 2.45) is 5.41 Å². The van der Waals surface area contributed by atoms with Gasteiger partial charge in [-0.1, -0.05) is 20.8 Å². The highest BCUT2D eigenvalue weighted by atomic mass is 127. The number of amides is 1. The van der Waals surface area contributed by atoms with E-state index in [9.17, 15) is 9.59 Å². The van der Waals surface area contributed by atoms with Crippen molar-refractivity contribution in [2.45, 2.75) is 26.8 Å². The molecule has 0 bridgehead atoms. The third-order valence-electron chi connectivity index (χ3n) is 2.22. The molecule has 0 saturated heterocycles. The first kappa shape index (κ1) is 14.4. The van der Waals surface area contributed by atoms with Crippen molar-refractivity contribution in [3.8, 4) is 0 Å². The van der Waals surface area contributed by atoms with E-state index in [1.54, 1.807) is 32.2 Å². The Morgan fingerprint density at radius 1 is 1.47 bits per heavy atom. The van der Waals surface area contributed by atoms with E-state index in [2.05, 4.69) is 27.9 Å². The van der Waals surface area contributed by atoms with Crippen LogP contribution in [0.5, 0.6) is 0 Å². The fourth-order valence-electron chi connectivity index (χ4n) is 1.29. The summed E-state index contributed by atoms with van der Waals surface area (Å²) in [5.74, 6) is -1.36. The molecular weight excluding hydrogens is 353 g/mol. The number of carboxylic acid groups (broad SMARTS) is 1. The van der Waals surface area contributed by atoms with E-state index >= 15 is 0 Å². The first-order valence-electron chi connectivity index (χ1n) is 4.99. The molecule has 4 nitrogen and oxygen atoms in total. The summed E-state index contributed by atoms with van der Waals surface area (Å²) in [6, 6.07) is 0.842. The van der Waals surface area contributed by atoms with Crippen molar-refractivity contribution in [3.63, 3.8) is 0 Å². The Hall–Kier alpha value is -0.630. The minimum atomic E-state index is -1.02. The van der Waals surface area contributed by atoms with Crippen molar-refractivity contribution < 1.29 is 14.7 Å². The number of carbonyl (C=O) groups is 2. The van der Waals surface area contributed by atoms with E-state index in [-0.39, 0.29) is 5.91 Å². The van der Waals surface area contributed by atoms with Crippen LogP contribution in [0.15, 0.2) is 11.4 Å². The van der Waals surface area contributed by atoms with Gasteiger partial charge in [0, 0.05) is 5.38 Å². The molecule has 0 unspecified atom stereocenters. The Morgan fingerprint density at radius 3 is 2.41 bits per heavy atom. The summed E-state index contributed by atoms with van der Waals surface area (Å²) >= 11 is 3.57. The summed E-state index contributed by atoms with van der Waals surface area (Å²) in [5, 5.41) is 13.4. The molecule has 0 aliphatic rings. The van der Waals surface area contributed by atoms with Crippen LogP contribution in [0.4, 0.5) is 0 Å². The van der Waals surface area contributed by atoms with E-state index in [1.165, 1.54) is 11.3 Å². The number of nitrogens with one attached hydrogen (secondary N) is 1. The molecule has 0 spiro atoms. The lowest BCUT2D eigenvalue weighted by atomic mass is 9.86. The highest BCUT2D eigenvalue weighted by Crippen LogP contribution is 2.21. The standard InChI is InChI=1S/C11H14INO3S/c1-11(2,3)8(10(15)16)13-9(14)6-4-7(12)17-5-6/h4-5,8H,1-3H3,(H,13,14)(H,15,16)/t8-/m1/s1. The summed E-state index contributed by atoms with van der Waals surface area (Å²) in [5.41, 5.74) is -0.0140. The number of hydrogen-bond donors (Lipinski definition) is 2. The molecule has 1 heterocycles. The largest absolute Gasteiger partial charge is 0.480 e. The maximum atomic E-state index is 11.8. The Balaban J connectivity index is 2.82. The smallest absolute Gasteiger partial charge is 0.326 e. The van der Waals surface area contributed by atoms with Crippen LogP contribution in [-0.2, 0) is 4.79 Å². The second kappa shape index (κ2) is 5.34. The number of rotatable bonds is 3. The zero-order valence-electron chi connectivity index (χ0n) is 9.78. The highest BCUT2D eigenvalue weighted by Gasteiger charge is 2.32. The molecular formula is C11H14INO3S. The monoisotopic (exact) mass is 367 g/mol. The first-order valence-corrected chi connectivity index (χ1v) is 6.95. The molecule has 0 aromatic carbocycles. The van der Waals surface area contributed by atoms with Crippen LogP contribution in [0.2, 0.25) is 0 Å². The summed E-state index contributed by atoms with van der Waals surface area (Å²) in [7, 11) is 0. The third kappa shape index (κ3) is 3.95. The molecule has 0 saturated carbocycles. The minimum Gasteiger partial charge on any atom is -0.480 e. The Morgan fingerprint density at radius 2 is 2.06 bits per heavy atom. The lowest BCUT2D eigenvalue weighted by molar-refractivity contribution is -0.142. The van der Waals surface area contributed by atoms with Crippen molar-refractivity contribution in [2.75, 3.05) is 0 Å². The normalized spacial score (nSPS) is 13.2. The molecule has 0 aliphatic heterocycles. The average Bonchev–Trinajstić information content (AvgIpc) is 2.58. The van der Waals surface area contributed by atoms with Gasteiger partial charge in [-0.3, -0.25) is 4.79 Å². The molecule has 1 rings (SSSR count). The van der Waals surface area contributed by atoms with E-state index in [0.717, 1.165) is 2.88 Å². The number of thiophene rings is 1. The van der Waals surface area contributed by atoms with Gasteiger partial charge in [0.15, 0.2) is 0 Å². The molecule has 1 atom stereocenters. The number of halogens is 1. The van der Waals surface area contributed by atoms with Gasteiger partial charge in [-0.15, -0.1) is 11.3 Å². The topological polar surface area (TPSA) is 66.4 Å². The fourth-order valence-corrected chi connectivity index (χ4v) is 2.62. The maximum absolute atomic E-state index is 11.8. The molecule has 17 heavy (non-hydrogen) atoms. The van der Waals surface area contributed by atoms with E-state index < -0.39 is 17.4 Å². The lowest BCUT2D eigenvalue weighted by Gasteiger charge is -2.27. The minimum absolute atomic E-state index is 0.341. The van der Waals surface area contributed by atoms with Gasteiger partial charge in [0.1, 0.15) is 6.04 Å².